The number of nitrogens with zero attached hydrogens (tertiary/aromatic N) is 2. The number of rotatable bonds is 8. The molecule has 0 radical (unpaired) electrons. The van der Waals surface area contributed by atoms with Crippen molar-refractivity contribution in [1.82, 2.24) is 14.9 Å². The van der Waals surface area contributed by atoms with Gasteiger partial charge in [0, 0.05) is 19.9 Å². The van der Waals surface area contributed by atoms with E-state index in [1.54, 1.807) is 7.11 Å². The lowest BCUT2D eigenvalue weighted by Gasteiger charge is -2.23. The van der Waals surface area contributed by atoms with Gasteiger partial charge in [-0.25, -0.2) is 4.98 Å². The topological polar surface area (TPSA) is 39.1 Å². The quantitative estimate of drug-likeness (QED) is 0.707. The molecule has 0 aliphatic carbocycles. The summed E-state index contributed by atoms with van der Waals surface area (Å²) >= 11 is 0. The molecule has 0 saturated heterocycles. The highest BCUT2D eigenvalue weighted by atomic mass is 16.5. The van der Waals surface area contributed by atoms with Crippen LogP contribution < -0.4 is 5.32 Å². The summed E-state index contributed by atoms with van der Waals surface area (Å²) in [5, 5.41) is 3.41. The van der Waals surface area contributed by atoms with Crippen molar-refractivity contribution >= 4 is 0 Å². The van der Waals surface area contributed by atoms with Crippen LogP contribution in [0, 0.1) is 5.92 Å². The number of nitrogens with one attached hydrogen (secondary N) is 1. The van der Waals surface area contributed by atoms with Crippen LogP contribution in [0.25, 0.3) is 0 Å². The van der Waals surface area contributed by atoms with Gasteiger partial charge in [0.1, 0.15) is 0 Å². The SMILES string of the molecule is CCCNCc1cncn1C(COC)C(C)C. The van der Waals surface area contributed by atoms with Gasteiger partial charge in [-0.2, -0.15) is 0 Å². The Morgan fingerprint density at radius 1 is 1.47 bits per heavy atom. The third-order valence-electron chi connectivity index (χ3n) is 2.94. The maximum Gasteiger partial charge on any atom is 0.0952 e. The first-order chi connectivity index (χ1) is 8.20. The van der Waals surface area contributed by atoms with E-state index in [2.05, 4.69) is 35.6 Å². The lowest BCUT2D eigenvalue weighted by atomic mass is 10.1. The molecule has 0 spiro atoms. The van der Waals surface area contributed by atoms with Crippen molar-refractivity contribution in [3.63, 3.8) is 0 Å². The van der Waals surface area contributed by atoms with E-state index in [1.165, 1.54) is 5.69 Å². The van der Waals surface area contributed by atoms with Gasteiger partial charge < -0.3 is 14.6 Å². The van der Waals surface area contributed by atoms with Crippen LogP contribution in [-0.2, 0) is 11.3 Å². The Morgan fingerprint density at radius 3 is 2.82 bits per heavy atom. The van der Waals surface area contributed by atoms with E-state index in [-0.39, 0.29) is 0 Å². The Balaban J connectivity index is 2.70. The molecule has 98 valence electrons. The number of methoxy groups -OCH3 is 1. The second kappa shape index (κ2) is 7.45. The van der Waals surface area contributed by atoms with Crippen LogP contribution in [0.15, 0.2) is 12.5 Å². The molecule has 1 N–H and O–H groups in total. The lowest BCUT2D eigenvalue weighted by molar-refractivity contribution is 0.131. The van der Waals surface area contributed by atoms with Crippen molar-refractivity contribution in [2.24, 2.45) is 5.92 Å². The van der Waals surface area contributed by atoms with Gasteiger partial charge in [0.05, 0.1) is 24.7 Å². The van der Waals surface area contributed by atoms with Gasteiger partial charge in [-0.05, 0) is 18.9 Å². The molecule has 0 aliphatic heterocycles. The summed E-state index contributed by atoms with van der Waals surface area (Å²) in [6.07, 6.45) is 5.00. The maximum atomic E-state index is 5.30. The minimum Gasteiger partial charge on any atom is -0.383 e. The molecule has 1 aromatic rings. The first kappa shape index (κ1) is 14.2. The van der Waals surface area contributed by atoms with Crippen molar-refractivity contribution in [3.05, 3.63) is 18.2 Å². The van der Waals surface area contributed by atoms with E-state index < -0.39 is 0 Å². The van der Waals surface area contributed by atoms with Gasteiger partial charge in [0.2, 0.25) is 0 Å². The molecule has 0 aliphatic rings. The van der Waals surface area contributed by atoms with Crippen molar-refractivity contribution < 1.29 is 4.74 Å². The highest BCUT2D eigenvalue weighted by Gasteiger charge is 2.17. The van der Waals surface area contributed by atoms with Crippen molar-refractivity contribution in [2.45, 2.75) is 39.8 Å². The summed E-state index contributed by atoms with van der Waals surface area (Å²) in [5.41, 5.74) is 1.23. The van der Waals surface area contributed by atoms with Crippen LogP contribution in [0.2, 0.25) is 0 Å². The molecule has 0 saturated carbocycles. The summed E-state index contributed by atoms with van der Waals surface area (Å²) in [6.45, 7) is 9.25. The molecule has 0 fully saturated rings. The van der Waals surface area contributed by atoms with Crippen LogP contribution in [0.3, 0.4) is 0 Å². The second-order valence-electron chi connectivity index (χ2n) is 4.74. The maximum absolute atomic E-state index is 5.30. The Bertz CT molecular complexity index is 309. The van der Waals surface area contributed by atoms with Crippen LogP contribution in [0.4, 0.5) is 0 Å². The van der Waals surface area contributed by atoms with Crippen molar-refractivity contribution in [1.29, 1.82) is 0 Å². The third-order valence-corrected chi connectivity index (χ3v) is 2.94. The van der Waals surface area contributed by atoms with Gasteiger partial charge >= 0.3 is 0 Å². The molecule has 1 unspecified atom stereocenters. The van der Waals surface area contributed by atoms with Gasteiger partial charge in [0.15, 0.2) is 0 Å². The summed E-state index contributed by atoms with van der Waals surface area (Å²) in [4.78, 5) is 4.25. The molecule has 4 nitrogen and oxygen atoms in total. The molecule has 0 amide bonds. The predicted molar refractivity (Wildman–Crippen MR) is 70.0 cm³/mol. The number of hydrogen-bond acceptors (Lipinski definition) is 3. The number of ether oxygens (including phenoxy) is 1. The fourth-order valence-corrected chi connectivity index (χ4v) is 1.93. The summed E-state index contributed by atoms with van der Waals surface area (Å²) < 4.78 is 7.53. The lowest BCUT2D eigenvalue weighted by Crippen LogP contribution is -2.24. The fraction of sp³-hybridized carbons (Fsp3) is 0.769. The number of imidazole rings is 1. The second-order valence-corrected chi connectivity index (χ2v) is 4.74. The van der Waals surface area contributed by atoms with Gasteiger partial charge in [0.25, 0.3) is 0 Å². The molecular weight excluding hydrogens is 214 g/mol. The summed E-state index contributed by atoms with van der Waals surface area (Å²) in [7, 11) is 1.75. The Morgan fingerprint density at radius 2 is 2.24 bits per heavy atom. The van der Waals surface area contributed by atoms with E-state index >= 15 is 0 Å². The molecule has 0 bridgehead atoms. The Labute approximate surface area is 104 Å². The molecule has 1 aromatic heterocycles. The average molecular weight is 239 g/mol. The molecule has 4 heteroatoms. The van der Waals surface area contributed by atoms with E-state index in [1.807, 2.05) is 12.5 Å². The predicted octanol–water partition coefficient (Wildman–Crippen LogP) is 2.23. The summed E-state index contributed by atoms with van der Waals surface area (Å²) in [6, 6.07) is 0.362. The Kier molecular flexibility index (Phi) is 6.22. The summed E-state index contributed by atoms with van der Waals surface area (Å²) in [5.74, 6) is 0.536. The van der Waals surface area contributed by atoms with Crippen molar-refractivity contribution in [3.8, 4) is 0 Å². The molecule has 1 heterocycles. The van der Waals surface area contributed by atoms with E-state index in [9.17, 15) is 0 Å². The standard InChI is InChI=1S/C13H25N3O/c1-5-6-14-7-12-8-15-10-16(12)13(9-17-4)11(2)3/h8,10-11,13-14H,5-7,9H2,1-4H3. The molecule has 0 aromatic carbocycles. The first-order valence-corrected chi connectivity index (χ1v) is 6.41. The molecular formula is C13H25N3O. The zero-order valence-electron chi connectivity index (χ0n) is 11.4. The van der Waals surface area contributed by atoms with Crippen molar-refractivity contribution in [2.75, 3.05) is 20.3 Å². The number of aromatic nitrogens is 2. The van der Waals surface area contributed by atoms with Crippen LogP contribution in [0.5, 0.6) is 0 Å². The van der Waals surface area contributed by atoms with Crippen LogP contribution >= 0.6 is 0 Å². The van der Waals surface area contributed by atoms with Crippen LogP contribution in [-0.4, -0.2) is 29.8 Å². The van der Waals surface area contributed by atoms with Gasteiger partial charge in [-0.1, -0.05) is 20.8 Å². The minimum absolute atomic E-state index is 0.362. The smallest absolute Gasteiger partial charge is 0.0952 e. The Hall–Kier alpha value is -0.870. The average Bonchev–Trinajstić information content (AvgIpc) is 2.74. The largest absolute Gasteiger partial charge is 0.383 e. The monoisotopic (exact) mass is 239 g/mol. The molecule has 1 rings (SSSR count). The highest BCUT2D eigenvalue weighted by Crippen LogP contribution is 2.19. The highest BCUT2D eigenvalue weighted by molar-refractivity contribution is 5.00. The fourth-order valence-electron chi connectivity index (χ4n) is 1.93. The first-order valence-electron chi connectivity index (χ1n) is 6.41. The van der Waals surface area contributed by atoms with E-state index in [0.717, 1.165) is 26.1 Å². The van der Waals surface area contributed by atoms with E-state index in [0.29, 0.717) is 12.0 Å². The third kappa shape index (κ3) is 4.13. The zero-order chi connectivity index (χ0) is 12.7. The minimum atomic E-state index is 0.362. The normalized spacial score (nSPS) is 13.2. The molecule has 17 heavy (non-hydrogen) atoms. The van der Waals surface area contributed by atoms with Crippen LogP contribution in [0.1, 0.15) is 38.9 Å². The van der Waals surface area contributed by atoms with Gasteiger partial charge in [-0.3, -0.25) is 0 Å². The zero-order valence-corrected chi connectivity index (χ0v) is 11.4. The number of hydrogen-bond donors (Lipinski definition) is 1. The van der Waals surface area contributed by atoms with Gasteiger partial charge in [-0.15, -0.1) is 0 Å². The van der Waals surface area contributed by atoms with E-state index in [4.69, 9.17) is 4.74 Å². The molecule has 1 atom stereocenters.